The Morgan fingerprint density at radius 1 is 0.500 bits per heavy atom. The average Bonchev–Trinajstić information content (AvgIpc) is 2.90. The molecular formula is C24H32N2O10. The SMILES string of the molecule is OCC1OC(Nc2ccc(-c3ccc(NC4OC(CO)[C@@H](O)C(O)C4O)cc3)cc2)C(O)C(O)C1O. The van der Waals surface area contributed by atoms with Gasteiger partial charge in [-0.05, 0) is 35.4 Å². The number of ether oxygens (including phenoxy) is 2. The Bertz CT molecular complexity index is 894. The van der Waals surface area contributed by atoms with Crippen molar-refractivity contribution in [3.63, 3.8) is 0 Å². The lowest BCUT2D eigenvalue weighted by Crippen LogP contribution is -2.60. The lowest BCUT2D eigenvalue weighted by Gasteiger charge is -2.40. The largest absolute Gasteiger partial charge is 0.394 e. The van der Waals surface area contributed by atoms with Gasteiger partial charge in [-0.15, -0.1) is 0 Å². The van der Waals surface area contributed by atoms with Gasteiger partial charge in [0.15, 0.2) is 12.5 Å². The van der Waals surface area contributed by atoms with Gasteiger partial charge in [-0.25, -0.2) is 0 Å². The van der Waals surface area contributed by atoms with Crippen molar-refractivity contribution in [1.29, 1.82) is 0 Å². The molecule has 0 spiro atoms. The third-order valence-electron chi connectivity index (χ3n) is 6.51. The summed E-state index contributed by atoms with van der Waals surface area (Å²) < 4.78 is 10.9. The van der Waals surface area contributed by atoms with Crippen molar-refractivity contribution >= 4 is 11.4 Å². The monoisotopic (exact) mass is 508 g/mol. The maximum atomic E-state index is 10.2. The van der Waals surface area contributed by atoms with E-state index in [1.807, 2.05) is 24.3 Å². The van der Waals surface area contributed by atoms with E-state index in [9.17, 15) is 40.9 Å². The minimum atomic E-state index is -1.47. The molecule has 0 radical (unpaired) electrons. The molecule has 2 heterocycles. The zero-order valence-electron chi connectivity index (χ0n) is 19.2. The van der Waals surface area contributed by atoms with Gasteiger partial charge < -0.3 is 61.0 Å². The zero-order valence-corrected chi connectivity index (χ0v) is 19.2. The number of aliphatic hydroxyl groups is 8. The highest BCUT2D eigenvalue weighted by molar-refractivity contribution is 5.68. The Morgan fingerprint density at radius 2 is 0.833 bits per heavy atom. The van der Waals surface area contributed by atoms with Gasteiger partial charge in [0.1, 0.15) is 48.8 Å². The first kappa shape index (κ1) is 26.7. The number of rotatable bonds is 7. The van der Waals surface area contributed by atoms with E-state index in [1.165, 1.54) is 0 Å². The second-order valence-electron chi connectivity index (χ2n) is 8.94. The van der Waals surface area contributed by atoms with Crippen molar-refractivity contribution in [2.24, 2.45) is 0 Å². The first-order chi connectivity index (χ1) is 17.2. The molecule has 12 heteroatoms. The molecule has 2 aliphatic heterocycles. The molecule has 0 amide bonds. The number of nitrogens with one attached hydrogen (secondary N) is 2. The van der Waals surface area contributed by atoms with E-state index in [-0.39, 0.29) is 0 Å². The summed E-state index contributed by atoms with van der Waals surface area (Å²) in [4.78, 5) is 0. The quantitative estimate of drug-likeness (QED) is 0.193. The molecule has 4 rings (SSSR count). The van der Waals surface area contributed by atoms with Crippen LogP contribution in [0.2, 0.25) is 0 Å². The van der Waals surface area contributed by atoms with Crippen LogP contribution >= 0.6 is 0 Å². The van der Waals surface area contributed by atoms with E-state index in [0.717, 1.165) is 11.1 Å². The normalized spacial score (nSPS) is 36.9. The Kier molecular flexibility index (Phi) is 8.42. The molecule has 2 fully saturated rings. The summed E-state index contributed by atoms with van der Waals surface area (Å²) in [6.45, 7) is -1.02. The van der Waals surface area contributed by atoms with Crippen molar-refractivity contribution in [1.82, 2.24) is 0 Å². The number of benzene rings is 2. The molecule has 9 unspecified atom stereocenters. The number of hydrogen-bond acceptors (Lipinski definition) is 12. The van der Waals surface area contributed by atoms with Crippen LogP contribution in [0.25, 0.3) is 11.1 Å². The van der Waals surface area contributed by atoms with E-state index >= 15 is 0 Å². The fourth-order valence-corrected chi connectivity index (χ4v) is 4.29. The topological polar surface area (TPSA) is 204 Å². The van der Waals surface area contributed by atoms with E-state index in [2.05, 4.69) is 10.6 Å². The van der Waals surface area contributed by atoms with E-state index < -0.39 is 74.5 Å². The van der Waals surface area contributed by atoms with Gasteiger partial charge in [0.25, 0.3) is 0 Å². The first-order valence-corrected chi connectivity index (χ1v) is 11.6. The minimum absolute atomic E-state index is 0.511. The molecule has 0 aliphatic carbocycles. The average molecular weight is 509 g/mol. The summed E-state index contributed by atoms with van der Waals surface area (Å²) in [5.41, 5.74) is 2.91. The molecule has 2 aromatic carbocycles. The fourth-order valence-electron chi connectivity index (χ4n) is 4.29. The van der Waals surface area contributed by atoms with Crippen molar-refractivity contribution in [2.75, 3.05) is 23.8 Å². The van der Waals surface area contributed by atoms with Gasteiger partial charge in [0.05, 0.1) is 13.2 Å². The maximum absolute atomic E-state index is 10.2. The summed E-state index contributed by atoms with van der Waals surface area (Å²) in [6, 6.07) is 14.3. The molecule has 2 saturated heterocycles. The Labute approximate surface area is 207 Å². The summed E-state index contributed by atoms with van der Waals surface area (Å²) in [5, 5.41) is 84.6. The smallest absolute Gasteiger partial charge is 0.157 e. The van der Waals surface area contributed by atoms with Gasteiger partial charge in [0, 0.05) is 11.4 Å². The van der Waals surface area contributed by atoms with Gasteiger partial charge in [-0.3, -0.25) is 0 Å². The van der Waals surface area contributed by atoms with Crippen LogP contribution in [-0.2, 0) is 9.47 Å². The molecule has 2 aromatic rings. The van der Waals surface area contributed by atoms with E-state index in [4.69, 9.17) is 9.47 Å². The van der Waals surface area contributed by atoms with Crippen LogP contribution in [0.4, 0.5) is 11.4 Å². The van der Waals surface area contributed by atoms with Crippen molar-refractivity contribution < 1.29 is 50.3 Å². The third kappa shape index (κ3) is 5.48. The summed E-state index contributed by atoms with van der Waals surface area (Å²) >= 11 is 0. The van der Waals surface area contributed by atoms with E-state index in [0.29, 0.717) is 11.4 Å². The predicted octanol–water partition coefficient (Wildman–Crippen LogP) is -2.22. The van der Waals surface area contributed by atoms with Gasteiger partial charge in [-0.2, -0.15) is 0 Å². The van der Waals surface area contributed by atoms with Gasteiger partial charge >= 0.3 is 0 Å². The molecule has 0 aromatic heterocycles. The number of hydrogen-bond donors (Lipinski definition) is 10. The van der Waals surface area contributed by atoms with Gasteiger partial charge in [-0.1, -0.05) is 24.3 Å². The second-order valence-corrected chi connectivity index (χ2v) is 8.94. The lowest BCUT2D eigenvalue weighted by atomic mass is 9.98. The lowest BCUT2D eigenvalue weighted by molar-refractivity contribution is -0.221. The number of anilines is 2. The highest BCUT2D eigenvalue weighted by atomic mass is 16.6. The molecule has 0 saturated carbocycles. The van der Waals surface area contributed by atoms with Gasteiger partial charge in [0.2, 0.25) is 0 Å². The predicted molar refractivity (Wildman–Crippen MR) is 127 cm³/mol. The Balaban J connectivity index is 1.38. The molecule has 2 aliphatic rings. The second kappa shape index (κ2) is 11.4. The number of aliphatic hydroxyl groups excluding tert-OH is 8. The van der Waals surface area contributed by atoms with Crippen LogP contribution < -0.4 is 10.6 Å². The third-order valence-corrected chi connectivity index (χ3v) is 6.51. The maximum Gasteiger partial charge on any atom is 0.157 e. The Morgan fingerprint density at radius 3 is 1.14 bits per heavy atom. The van der Waals surface area contributed by atoms with Crippen LogP contribution in [-0.4, -0.2) is 115 Å². The zero-order chi connectivity index (χ0) is 26.0. The van der Waals surface area contributed by atoms with Crippen LogP contribution in [0.15, 0.2) is 48.5 Å². The standard InChI is InChI=1S/C24H32N2O10/c27-9-15-17(29)19(31)21(33)23(35-15)25-13-5-1-11(2-6-13)12-3-7-14(8-4-12)26-24-22(34)20(32)18(30)16(10-28)36-24/h1-8,15-34H,9-10H2/t15?,16?,17-,18?,19?,20?,21?,22?,23?,24?/m1/s1. The minimum Gasteiger partial charge on any atom is -0.394 e. The van der Waals surface area contributed by atoms with Crippen LogP contribution in [0.5, 0.6) is 0 Å². The molecule has 198 valence electrons. The molecular weight excluding hydrogens is 476 g/mol. The first-order valence-electron chi connectivity index (χ1n) is 11.6. The molecule has 10 atom stereocenters. The van der Waals surface area contributed by atoms with Crippen LogP contribution in [0.3, 0.4) is 0 Å². The molecule has 10 N–H and O–H groups in total. The molecule has 12 nitrogen and oxygen atoms in total. The molecule has 0 bridgehead atoms. The van der Waals surface area contributed by atoms with Crippen LogP contribution in [0.1, 0.15) is 0 Å². The van der Waals surface area contributed by atoms with E-state index in [1.54, 1.807) is 24.3 Å². The van der Waals surface area contributed by atoms with Crippen molar-refractivity contribution in [2.45, 2.75) is 61.3 Å². The Hall–Kier alpha value is -2.36. The van der Waals surface area contributed by atoms with Crippen LogP contribution in [0, 0.1) is 0 Å². The summed E-state index contributed by atoms with van der Waals surface area (Å²) in [6.07, 6.45) is -12.7. The fraction of sp³-hybridized carbons (Fsp3) is 0.500. The molecule has 36 heavy (non-hydrogen) atoms. The van der Waals surface area contributed by atoms with Crippen molar-refractivity contribution in [3.8, 4) is 11.1 Å². The summed E-state index contributed by atoms with van der Waals surface area (Å²) in [5.74, 6) is 0. The highest BCUT2D eigenvalue weighted by Gasteiger charge is 2.44. The highest BCUT2D eigenvalue weighted by Crippen LogP contribution is 2.28. The summed E-state index contributed by atoms with van der Waals surface area (Å²) in [7, 11) is 0. The van der Waals surface area contributed by atoms with Crippen molar-refractivity contribution in [3.05, 3.63) is 48.5 Å².